The highest BCUT2D eigenvalue weighted by Gasteiger charge is 2.33. The molecule has 0 aliphatic carbocycles. The lowest BCUT2D eigenvalue weighted by Gasteiger charge is -2.20. The van der Waals surface area contributed by atoms with Crippen LogP contribution < -0.4 is 0 Å². The van der Waals surface area contributed by atoms with Gasteiger partial charge >= 0.3 is 18.0 Å². The highest BCUT2D eigenvalue weighted by Crippen LogP contribution is 2.29. The van der Waals surface area contributed by atoms with E-state index in [1.807, 2.05) is 0 Å². The standard InChI is InChI=1S/C21H32F4O5/c1-3-18(26)28-15-10-6-5-8-12-20(22,23)14-17-30-21(24,25)13-9-7-11-16-29-19(27)4-2/h3-4H,1-2,5-17H2. The van der Waals surface area contributed by atoms with Crippen LogP contribution in [0.2, 0.25) is 0 Å². The Bertz CT molecular complexity index is 524. The second kappa shape index (κ2) is 15.9. The van der Waals surface area contributed by atoms with Crippen LogP contribution in [0, 0.1) is 0 Å². The van der Waals surface area contributed by atoms with E-state index in [-0.39, 0.29) is 26.1 Å². The van der Waals surface area contributed by atoms with E-state index in [9.17, 15) is 27.2 Å². The summed E-state index contributed by atoms with van der Waals surface area (Å²) in [5.41, 5.74) is 0. The molecule has 0 amide bonds. The Morgan fingerprint density at radius 3 is 1.67 bits per heavy atom. The third-order valence-corrected chi connectivity index (χ3v) is 4.15. The van der Waals surface area contributed by atoms with Gasteiger partial charge in [0.1, 0.15) is 0 Å². The fraction of sp³-hybridized carbons (Fsp3) is 0.714. The number of hydrogen-bond donors (Lipinski definition) is 0. The van der Waals surface area contributed by atoms with Gasteiger partial charge in [-0.2, -0.15) is 8.78 Å². The third-order valence-electron chi connectivity index (χ3n) is 4.15. The number of alkyl halides is 4. The van der Waals surface area contributed by atoms with Gasteiger partial charge in [0, 0.05) is 31.4 Å². The van der Waals surface area contributed by atoms with Crippen molar-refractivity contribution in [3.63, 3.8) is 0 Å². The van der Waals surface area contributed by atoms with Gasteiger partial charge in [-0.05, 0) is 32.1 Å². The number of carbonyl (C=O) groups is 2. The number of unbranched alkanes of at least 4 members (excludes halogenated alkanes) is 5. The minimum atomic E-state index is -3.46. The molecule has 0 aliphatic rings. The maximum Gasteiger partial charge on any atom is 0.355 e. The second-order valence-electron chi connectivity index (χ2n) is 6.81. The summed E-state index contributed by atoms with van der Waals surface area (Å²) in [6.07, 6.45) is -0.240. The van der Waals surface area contributed by atoms with E-state index in [1.165, 1.54) is 0 Å². The minimum absolute atomic E-state index is 0.115. The van der Waals surface area contributed by atoms with E-state index in [1.54, 1.807) is 0 Å². The molecule has 9 heteroatoms. The van der Waals surface area contributed by atoms with Gasteiger partial charge in [-0.15, -0.1) is 0 Å². The average molecular weight is 440 g/mol. The number of ether oxygens (including phenoxy) is 3. The van der Waals surface area contributed by atoms with E-state index < -0.39 is 49.8 Å². The molecule has 0 aromatic carbocycles. The van der Waals surface area contributed by atoms with Crippen LogP contribution in [-0.2, 0) is 23.8 Å². The topological polar surface area (TPSA) is 61.8 Å². The van der Waals surface area contributed by atoms with Gasteiger partial charge in [-0.1, -0.05) is 26.0 Å². The number of rotatable bonds is 19. The molecular formula is C21H32F4O5. The van der Waals surface area contributed by atoms with E-state index >= 15 is 0 Å². The first-order valence-electron chi connectivity index (χ1n) is 10.1. The zero-order chi connectivity index (χ0) is 22.9. The molecule has 0 saturated heterocycles. The second-order valence-corrected chi connectivity index (χ2v) is 6.81. The van der Waals surface area contributed by atoms with Crippen LogP contribution >= 0.6 is 0 Å². The monoisotopic (exact) mass is 440 g/mol. The van der Waals surface area contributed by atoms with E-state index in [2.05, 4.69) is 17.9 Å². The Morgan fingerprint density at radius 2 is 1.13 bits per heavy atom. The molecule has 0 bridgehead atoms. The first-order valence-corrected chi connectivity index (χ1v) is 10.1. The fourth-order valence-electron chi connectivity index (χ4n) is 2.46. The summed E-state index contributed by atoms with van der Waals surface area (Å²) in [5.74, 6) is -4.16. The number of carbonyl (C=O) groups excluding carboxylic acids is 2. The van der Waals surface area contributed by atoms with Gasteiger partial charge in [0.2, 0.25) is 5.92 Å². The van der Waals surface area contributed by atoms with Crippen molar-refractivity contribution in [1.82, 2.24) is 0 Å². The Hall–Kier alpha value is -1.90. The molecule has 0 aromatic rings. The molecule has 0 heterocycles. The lowest BCUT2D eigenvalue weighted by Crippen LogP contribution is -2.25. The molecule has 174 valence electrons. The molecule has 0 rings (SSSR count). The molecule has 0 N–H and O–H groups in total. The highest BCUT2D eigenvalue weighted by molar-refractivity contribution is 5.81. The van der Waals surface area contributed by atoms with Crippen molar-refractivity contribution < 1.29 is 41.4 Å². The Kier molecular flexibility index (Phi) is 14.9. The van der Waals surface area contributed by atoms with Crippen molar-refractivity contribution in [2.75, 3.05) is 19.8 Å². The molecule has 0 spiro atoms. The largest absolute Gasteiger partial charge is 0.463 e. The van der Waals surface area contributed by atoms with E-state index in [0.29, 0.717) is 32.1 Å². The molecule has 0 saturated carbocycles. The van der Waals surface area contributed by atoms with Crippen LogP contribution in [0.1, 0.15) is 64.2 Å². The van der Waals surface area contributed by atoms with Crippen LogP contribution in [-0.4, -0.2) is 43.8 Å². The quantitative estimate of drug-likeness (QED) is 0.113. The maximum atomic E-state index is 13.8. The molecule has 30 heavy (non-hydrogen) atoms. The Morgan fingerprint density at radius 1 is 0.667 bits per heavy atom. The lowest BCUT2D eigenvalue weighted by molar-refractivity contribution is -0.248. The third kappa shape index (κ3) is 17.0. The Labute approximate surface area is 175 Å². The van der Waals surface area contributed by atoms with Gasteiger partial charge in [0.25, 0.3) is 0 Å². The molecule has 5 nitrogen and oxygen atoms in total. The zero-order valence-electron chi connectivity index (χ0n) is 17.3. The van der Waals surface area contributed by atoms with Crippen LogP contribution in [0.4, 0.5) is 17.6 Å². The highest BCUT2D eigenvalue weighted by atomic mass is 19.3. The van der Waals surface area contributed by atoms with E-state index in [0.717, 1.165) is 12.2 Å². The fourth-order valence-corrected chi connectivity index (χ4v) is 2.46. The average Bonchev–Trinajstić information content (AvgIpc) is 2.68. The lowest BCUT2D eigenvalue weighted by atomic mass is 10.1. The van der Waals surface area contributed by atoms with Crippen LogP contribution in [0.25, 0.3) is 0 Å². The molecule has 0 atom stereocenters. The van der Waals surface area contributed by atoms with Crippen molar-refractivity contribution in [2.45, 2.75) is 76.2 Å². The van der Waals surface area contributed by atoms with E-state index in [4.69, 9.17) is 9.47 Å². The van der Waals surface area contributed by atoms with Crippen molar-refractivity contribution in [2.24, 2.45) is 0 Å². The molecular weight excluding hydrogens is 408 g/mol. The minimum Gasteiger partial charge on any atom is -0.463 e. The van der Waals surface area contributed by atoms with Crippen LogP contribution in [0.15, 0.2) is 25.3 Å². The van der Waals surface area contributed by atoms with Gasteiger partial charge in [-0.3, -0.25) is 0 Å². The van der Waals surface area contributed by atoms with Gasteiger partial charge < -0.3 is 14.2 Å². The SMILES string of the molecule is C=CC(=O)OCCCCCCC(F)(F)CCOC(F)(F)CCCCCOC(=O)C=C. The summed E-state index contributed by atoms with van der Waals surface area (Å²) >= 11 is 0. The van der Waals surface area contributed by atoms with Crippen LogP contribution in [0.5, 0.6) is 0 Å². The van der Waals surface area contributed by atoms with Crippen molar-refractivity contribution in [3.05, 3.63) is 25.3 Å². The molecule has 0 unspecified atom stereocenters. The summed E-state index contributed by atoms with van der Waals surface area (Å²) in [4.78, 5) is 21.6. The van der Waals surface area contributed by atoms with Crippen molar-refractivity contribution in [1.29, 1.82) is 0 Å². The normalized spacial score (nSPS) is 11.7. The molecule has 0 aromatic heterocycles. The first kappa shape index (κ1) is 28.1. The summed E-state index contributed by atoms with van der Waals surface area (Å²) in [7, 11) is 0. The van der Waals surface area contributed by atoms with Gasteiger partial charge in [0.05, 0.1) is 19.8 Å². The number of hydrogen-bond acceptors (Lipinski definition) is 5. The first-order chi connectivity index (χ1) is 14.1. The predicted octanol–water partition coefficient (Wildman–Crippen LogP) is 5.59. The molecule has 0 aliphatic heterocycles. The summed E-state index contributed by atoms with van der Waals surface area (Å²) in [5, 5.41) is 0. The summed E-state index contributed by atoms with van der Waals surface area (Å²) in [6, 6.07) is 0. The summed E-state index contributed by atoms with van der Waals surface area (Å²) < 4.78 is 68.5. The number of halogens is 4. The van der Waals surface area contributed by atoms with Crippen molar-refractivity contribution in [3.8, 4) is 0 Å². The van der Waals surface area contributed by atoms with Crippen molar-refractivity contribution >= 4 is 11.9 Å². The smallest absolute Gasteiger partial charge is 0.355 e. The summed E-state index contributed by atoms with van der Waals surface area (Å²) in [6.45, 7) is 6.09. The zero-order valence-corrected chi connectivity index (χ0v) is 17.3. The molecule has 0 radical (unpaired) electrons. The Balaban J connectivity index is 3.77. The number of esters is 2. The predicted molar refractivity (Wildman–Crippen MR) is 104 cm³/mol. The molecule has 0 fully saturated rings. The maximum absolute atomic E-state index is 13.8. The van der Waals surface area contributed by atoms with Gasteiger partial charge in [0.15, 0.2) is 0 Å². The van der Waals surface area contributed by atoms with Crippen LogP contribution in [0.3, 0.4) is 0 Å². The van der Waals surface area contributed by atoms with Gasteiger partial charge in [-0.25, -0.2) is 18.4 Å².